The van der Waals surface area contributed by atoms with Crippen LogP contribution in [0.15, 0.2) is 0 Å². The van der Waals surface area contributed by atoms with Gasteiger partial charge in [-0.05, 0) is 56.3 Å². The Bertz CT molecular complexity index is 333. The van der Waals surface area contributed by atoms with Crippen LogP contribution < -0.4 is 29.6 Å². The summed E-state index contributed by atoms with van der Waals surface area (Å²) in [5.74, 6) is 1.72. The summed E-state index contributed by atoms with van der Waals surface area (Å²) in [6.45, 7) is 0. The average Bonchev–Trinajstić information content (AvgIpc) is 1.98. The van der Waals surface area contributed by atoms with E-state index in [4.69, 9.17) is 0 Å². The van der Waals surface area contributed by atoms with E-state index in [1.54, 1.807) is 0 Å². The van der Waals surface area contributed by atoms with E-state index < -0.39 is 14.9 Å². The first kappa shape index (κ1) is 12.4. The van der Waals surface area contributed by atoms with Crippen LogP contribution in [-0.4, -0.2) is 17.7 Å². The Balaban J connectivity index is 0.000000640. The molecule has 3 nitrogen and oxygen atoms in total. The molecule has 1 N–H and O–H groups in total. The van der Waals surface area contributed by atoms with Crippen molar-refractivity contribution in [3.8, 4) is 0 Å². The summed E-state index contributed by atoms with van der Waals surface area (Å²) in [5, 5.41) is 0. The topological polar surface area (TPSA) is 54.4 Å². The van der Waals surface area contributed by atoms with Crippen LogP contribution >= 0.6 is 0 Å². The third-order valence-electron chi connectivity index (χ3n) is 4.53. The standard InChI is InChI=1S/C10H16O3S.Na.H/c11-14(12,13)10-4-7-1-8(5-10)3-9(2-7)6-10;;/h7-9H,1-6H2,(H,11,12,13);;/q;+1;-1. The van der Waals surface area contributed by atoms with E-state index in [0.717, 1.165) is 19.3 Å². The maximum absolute atomic E-state index is 11.4. The van der Waals surface area contributed by atoms with Crippen molar-refractivity contribution >= 4 is 10.1 Å². The molecule has 0 aromatic rings. The first-order valence-electron chi connectivity index (χ1n) is 5.45. The predicted octanol–water partition coefficient (Wildman–Crippen LogP) is -1.04. The fourth-order valence-electron chi connectivity index (χ4n) is 4.35. The van der Waals surface area contributed by atoms with Crippen LogP contribution in [0.25, 0.3) is 0 Å². The van der Waals surface area contributed by atoms with Gasteiger partial charge in [-0.25, -0.2) is 0 Å². The van der Waals surface area contributed by atoms with Crippen molar-refractivity contribution in [2.75, 3.05) is 0 Å². The SMILES string of the molecule is O=S(=O)(O)C12CC3CC(CC(C3)C1)C2.[H-].[Na+]. The van der Waals surface area contributed by atoms with Crippen molar-refractivity contribution in [1.29, 1.82) is 0 Å². The van der Waals surface area contributed by atoms with Crippen LogP contribution in [0.2, 0.25) is 0 Å². The molecular weight excluding hydrogens is 223 g/mol. The van der Waals surface area contributed by atoms with Gasteiger partial charge in [0.2, 0.25) is 0 Å². The number of hydrogen-bond donors (Lipinski definition) is 1. The molecule has 82 valence electrons. The van der Waals surface area contributed by atoms with Crippen molar-refractivity contribution in [3.63, 3.8) is 0 Å². The zero-order chi connectivity index (χ0) is 9.97. The third-order valence-corrected chi connectivity index (χ3v) is 6.12. The minimum atomic E-state index is -3.82. The van der Waals surface area contributed by atoms with Crippen molar-refractivity contribution in [2.24, 2.45) is 17.8 Å². The minimum Gasteiger partial charge on any atom is -1.00 e. The van der Waals surface area contributed by atoms with Crippen LogP contribution in [0.1, 0.15) is 40.0 Å². The molecule has 15 heavy (non-hydrogen) atoms. The van der Waals surface area contributed by atoms with E-state index >= 15 is 0 Å². The summed E-state index contributed by atoms with van der Waals surface area (Å²) in [7, 11) is -3.82. The molecule has 4 fully saturated rings. The first-order chi connectivity index (χ1) is 6.48. The van der Waals surface area contributed by atoms with Crippen LogP contribution in [0, 0.1) is 17.8 Å². The van der Waals surface area contributed by atoms with Crippen molar-refractivity contribution in [1.82, 2.24) is 0 Å². The van der Waals surface area contributed by atoms with Gasteiger partial charge >= 0.3 is 29.6 Å². The fraction of sp³-hybridized carbons (Fsp3) is 1.00. The Kier molecular flexibility index (Phi) is 3.05. The van der Waals surface area contributed by atoms with E-state index in [0.29, 0.717) is 17.8 Å². The van der Waals surface area contributed by atoms with Crippen molar-refractivity contribution in [2.45, 2.75) is 43.3 Å². The van der Waals surface area contributed by atoms with E-state index in [1.807, 2.05) is 0 Å². The van der Waals surface area contributed by atoms with E-state index in [9.17, 15) is 13.0 Å². The summed E-state index contributed by atoms with van der Waals surface area (Å²) >= 11 is 0. The van der Waals surface area contributed by atoms with Gasteiger partial charge in [0.25, 0.3) is 10.1 Å². The molecule has 0 unspecified atom stereocenters. The minimum absolute atomic E-state index is 0. The zero-order valence-corrected chi connectivity index (χ0v) is 12.0. The van der Waals surface area contributed by atoms with E-state index in [1.165, 1.54) is 19.3 Å². The predicted molar refractivity (Wildman–Crippen MR) is 53.6 cm³/mol. The van der Waals surface area contributed by atoms with Crippen LogP contribution in [0.3, 0.4) is 0 Å². The van der Waals surface area contributed by atoms with Crippen LogP contribution in [0.4, 0.5) is 0 Å². The maximum atomic E-state index is 11.4. The third kappa shape index (κ3) is 1.82. The molecule has 0 aromatic carbocycles. The maximum Gasteiger partial charge on any atom is 1.00 e. The summed E-state index contributed by atoms with van der Waals surface area (Å²) < 4.78 is 31.5. The second-order valence-corrected chi connectivity index (χ2v) is 7.39. The molecule has 0 radical (unpaired) electrons. The molecule has 4 saturated carbocycles. The molecule has 0 aromatic heterocycles. The molecule has 0 amide bonds. The van der Waals surface area contributed by atoms with Gasteiger partial charge in [0.15, 0.2) is 0 Å². The molecule has 0 saturated heterocycles. The Morgan fingerprint density at radius 3 is 1.60 bits per heavy atom. The quantitative estimate of drug-likeness (QED) is 0.470. The van der Waals surface area contributed by atoms with E-state index in [2.05, 4.69) is 0 Å². The molecule has 4 rings (SSSR count). The molecular formula is C10H17NaO3S. The molecule has 4 aliphatic carbocycles. The van der Waals surface area contributed by atoms with Crippen molar-refractivity contribution < 1.29 is 44.0 Å². The zero-order valence-electron chi connectivity index (χ0n) is 10.1. The van der Waals surface area contributed by atoms with Gasteiger partial charge in [-0.1, -0.05) is 0 Å². The second-order valence-electron chi connectivity index (χ2n) is 5.58. The molecule has 0 heterocycles. The van der Waals surface area contributed by atoms with E-state index in [-0.39, 0.29) is 31.0 Å². The second kappa shape index (κ2) is 3.70. The molecule has 4 bridgehead atoms. The van der Waals surface area contributed by atoms with Crippen LogP contribution in [0.5, 0.6) is 0 Å². The van der Waals surface area contributed by atoms with Gasteiger partial charge in [-0.2, -0.15) is 8.42 Å². The van der Waals surface area contributed by atoms with Gasteiger partial charge in [0, 0.05) is 0 Å². The summed E-state index contributed by atoms with van der Waals surface area (Å²) in [6.07, 6.45) is 5.77. The fourth-order valence-corrected chi connectivity index (χ4v) is 5.69. The molecule has 0 spiro atoms. The summed E-state index contributed by atoms with van der Waals surface area (Å²) in [5.41, 5.74) is 0. The van der Waals surface area contributed by atoms with Gasteiger partial charge in [-0.3, -0.25) is 4.55 Å². The Morgan fingerprint density at radius 2 is 1.33 bits per heavy atom. The van der Waals surface area contributed by atoms with Gasteiger partial charge in [0.05, 0.1) is 4.75 Å². The normalized spacial score (nSPS) is 47.7. The van der Waals surface area contributed by atoms with Gasteiger partial charge < -0.3 is 1.43 Å². The van der Waals surface area contributed by atoms with Gasteiger partial charge in [0.1, 0.15) is 0 Å². The van der Waals surface area contributed by atoms with Crippen molar-refractivity contribution in [3.05, 3.63) is 0 Å². The summed E-state index contributed by atoms with van der Waals surface area (Å²) in [4.78, 5) is 0. The average molecular weight is 240 g/mol. The number of hydrogen-bond acceptors (Lipinski definition) is 2. The molecule has 4 aliphatic rings. The Hall–Kier alpha value is 0.910. The molecule has 5 heteroatoms. The Morgan fingerprint density at radius 1 is 1.00 bits per heavy atom. The van der Waals surface area contributed by atoms with Crippen LogP contribution in [-0.2, 0) is 10.1 Å². The Labute approximate surface area is 115 Å². The largest absolute Gasteiger partial charge is 1.00 e. The summed E-state index contributed by atoms with van der Waals surface area (Å²) in [6, 6.07) is 0. The van der Waals surface area contributed by atoms with Gasteiger partial charge in [-0.15, -0.1) is 0 Å². The first-order valence-corrected chi connectivity index (χ1v) is 6.89. The molecule has 0 aliphatic heterocycles. The number of rotatable bonds is 1. The molecule has 0 atom stereocenters. The monoisotopic (exact) mass is 240 g/mol. The smallest absolute Gasteiger partial charge is 1.00 e.